The Morgan fingerprint density at radius 2 is 1.91 bits per heavy atom. The summed E-state index contributed by atoms with van der Waals surface area (Å²) >= 11 is 6.73. The number of halogens is 1. The van der Waals surface area contributed by atoms with E-state index in [9.17, 15) is 8.42 Å². The molecule has 1 aromatic carbocycles. The van der Waals surface area contributed by atoms with Crippen LogP contribution in [-0.4, -0.2) is 39.3 Å². The summed E-state index contributed by atoms with van der Waals surface area (Å²) in [6, 6.07) is 8.80. The molecule has 5 rings (SSSR count). The van der Waals surface area contributed by atoms with Crippen molar-refractivity contribution in [1.29, 1.82) is 0 Å². The molecule has 33 heavy (non-hydrogen) atoms. The number of imidazole rings is 1. The Balaban J connectivity index is 1.86. The van der Waals surface area contributed by atoms with Crippen LogP contribution in [0.2, 0.25) is 5.02 Å². The summed E-state index contributed by atoms with van der Waals surface area (Å²) in [4.78, 5) is 13.4. The fraction of sp³-hybridized carbons (Fsp3) is 0.217. The van der Waals surface area contributed by atoms with Gasteiger partial charge in [-0.2, -0.15) is 0 Å². The molecular weight excluding hydrogens is 462 g/mol. The van der Waals surface area contributed by atoms with E-state index in [-0.39, 0.29) is 5.16 Å². The van der Waals surface area contributed by atoms with Gasteiger partial charge in [-0.05, 0) is 45.0 Å². The molecule has 0 bridgehead atoms. The molecule has 8 nitrogen and oxygen atoms in total. The molecule has 0 fully saturated rings. The van der Waals surface area contributed by atoms with Crippen molar-refractivity contribution < 1.29 is 12.9 Å². The lowest BCUT2D eigenvalue weighted by atomic mass is 10.0. The molecule has 0 aliphatic heterocycles. The minimum atomic E-state index is -3.64. The van der Waals surface area contributed by atoms with Gasteiger partial charge in [0, 0.05) is 34.0 Å². The first-order valence-corrected chi connectivity index (χ1v) is 12.5. The predicted molar refractivity (Wildman–Crippen MR) is 126 cm³/mol. The number of aryl methyl sites for hydroxylation is 2. The van der Waals surface area contributed by atoms with Gasteiger partial charge in [-0.15, -0.1) is 0 Å². The number of hydrogen-bond donors (Lipinski definition) is 0. The lowest BCUT2D eigenvalue weighted by Gasteiger charge is -2.17. The van der Waals surface area contributed by atoms with Crippen LogP contribution in [0.1, 0.15) is 30.1 Å². The Morgan fingerprint density at radius 1 is 1.12 bits per heavy atom. The lowest BCUT2D eigenvalue weighted by molar-refractivity contribution is 0.393. The highest BCUT2D eigenvalue weighted by Gasteiger charge is 2.26. The molecule has 0 aliphatic carbocycles. The van der Waals surface area contributed by atoms with Crippen molar-refractivity contribution in [3.05, 3.63) is 64.9 Å². The SMILES string of the molecule is Cc1noc(C)c1-c1cc2ncc3nc(S(C)(=O)=O)n([C@H](C)c4ccccn4)c3c2cc1Cl. The van der Waals surface area contributed by atoms with Crippen molar-refractivity contribution >= 4 is 43.4 Å². The maximum atomic E-state index is 12.7. The summed E-state index contributed by atoms with van der Waals surface area (Å²) in [5.41, 5.74) is 4.75. The van der Waals surface area contributed by atoms with Gasteiger partial charge in [0.1, 0.15) is 11.3 Å². The van der Waals surface area contributed by atoms with Crippen LogP contribution in [0.3, 0.4) is 0 Å². The second-order valence-electron chi connectivity index (χ2n) is 8.01. The van der Waals surface area contributed by atoms with E-state index in [0.29, 0.717) is 38.4 Å². The molecule has 0 amide bonds. The third-order valence-electron chi connectivity index (χ3n) is 5.71. The molecule has 1 atom stereocenters. The van der Waals surface area contributed by atoms with Crippen molar-refractivity contribution in [2.75, 3.05) is 6.26 Å². The standard InChI is InChI=1S/C23H20ClN5O3S/c1-12-21(14(3)32-28-12)15-10-19-16(9-17(15)24)22-20(11-26-19)27-23(33(4,30)31)29(22)13(2)18-7-5-6-8-25-18/h5-11,13H,1-4H3/t13-/m1/s1. The smallest absolute Gasteiger partial charge is 0.229 e. The normalized spacial score (nSPS) is 13.1. The fourth-order valence-electron chi connectivity index (χ4n) is 4.21. The molecule has 5 aromatic rings. The number of benzene rings is 1. The van der Waals surface area contributed by atoms with E-state index in [1.54, 1.807) is 23.0 Å². The van der Waals surface area contributed by atoms with Gasteiger partial charge < -0.3 is 9.09 Å². The van der Waals surface area contributed by atoms with Crippen molar-refractivity contribution in [3.8, 4) is 11.1 Å². The number of rotatable bonds is 4. The molecule has 0 spiro atoms. The van der Waals surface area contributed by atoms with Crippen LogP contribution in [-0.2, 0) is 9.84 Å². The Hall–Kier alpha value is -3.30. The Morgan fingerprint density at radius 3 is 2.55 bits per heavy atom. The fourth-order valence-corrected chi connectivity index (χ4v) is 5.34. The van der Waals surface area contributed by atoms with Crippen molar-refractivity contribution in [2.45, 2.75) is 32.0 Å². The highest BCUT2D eigenvalue weighted by molar-refractivity contribution is 7.90. The first kappa shape index (κ1) is 21.5. The summed E-state index contributed by atoms with van der Waals surface area (Å²) in [6.07, 6.45) is 4.41. The monoisotopic (exact) mass is 481 g/mol. The number of aromatic nitrogens is 5. The van der Waals surface area contributed by atoms with Gasteiger partial charge in [0.25, 0.3) is 0 Å². The number of sulfone groups is 1. The molecule has 168 valence electrons. The van der Waals surface area contributed by atoms with Gasteiger partial charge in [0.05, 0.1) is 34.7 Å². The maximum absolute atomic E-state index is 12.7. The second kappa shape index (κ2) is 7.64. The molecule has 4 aromatic heterocycles. The third-order valence-corrected chi connectivity index (χ3v) is 6.97. The first-order valence-electron chi connectivity index (χ1n) is 10.2. The van der Waals surface area contributed by atoms with Crippen LogP contribution >= 0.6 is 11.6 Å². The summed E-state index contributed by atoms with van der Waals surface area (Å²) in [7, 11) is -3.64. The number of fused-ring (bicyclic) bond motifs is 3. The van der Waals surface area contributed by atoms with E-state index >= 15 is 0 Å². The molecule has 4 heterocycles. The highest BCUT2D eigenvalue weighted by atomic mass is 35.5. The van der Waals surface area contributed by atoms with Crippen LogP contribution in [0.5, 0.6) is 0 Å². The third kappa shape index (κ3) is 3.48. The quantitative estimate of drug-likeness (QED) is 0.359. The van der Waals surface area contributed by atoms with Crippen LogP contribution in [0.25, 0.3) is 33.1 Å². The Bertz CT molecular complexity index is 1620. The van der Waals surface area contributed by atoms with E-state index in [0.717, 1.165) is 23.1 Å². The van der Waals surface area contributed by atoms with Crippen molar-refractivity contribution in [3.63, 3.8) is 0 Å². The van der Waals surface area contributed by atoms with Crippen LogP contribution in [0, 0.1) is 13.8 Å². The summed E-state index contributed by atoms with van der Waals surface area (Å²) < 4.78 is 32.4. The Kier molecular flexibility index (Phi) is 4.98. The average Bonchev–Trinajstić information content (AvgIpc) is 3.34. The van der Waals surface area contributed by atoms with Gasteiger partial charge in [-0.3, -0.25) is 9.97 Å². The predicted octanol–water partition coefficient (Wildman–Crippen LogP) is 4.92. The molecule has 0 saturated heterocycles. The zero-order valence-electron chi connectivity index (χ0n) is 18.4. The Labute approximate surface area is 195 Å². The van der Waals surface area contributed by atoms with Crippen LogP contribution in [0.4, 0.5) is 0 Å². The van der Waals surface area contributed by atoms with Gasteiger partial charge >= 0.3 is 0 Å². The lowest BCUT2D eigenvalue weighted by Crippen LogP contribution is -2.15. The van der Waals surface area contributed by atoms with Crippen LogP contribution in [0.15, 0.2) is 52.4 Å². The van der Waals surface area contributed by atoms with E-state index in [1.807, 2.05) is 45.0 Å². The topological polar surface area (TPSA) is 104 Å². The molecular formula is C23H20ClN5O3S. The molecule has 0 unspecified atom stereocenters. The molecule has 0 N–H and O–H groups in total. The number of pyridine rings is 2. The highest BCUT2D eigenvalue weighted by Crippen LogP contribution is 2.38. The van der Waals surface area contributed by atoms with E-state index in [1.165, 1.54) is 0 Å². The largest absolute Gasteiger partial charge is 0.361 e. The van der Waals surface area contributed by atoms with E-state index in [4.69, 9.17) is 16.1 Å². The van der Waals surface area contributed by atoms with Crippen molar-refractivity contribution in [1.82, 2.24) is 24.7 Å². The van der Waals surface area contributed by atoms with Gasteiger partial charge in [0.2, 0.25) is 15.0 Å². The number of hydrogen-bond acceptors (Lipinski definition) is 7. The van der Waals surface area contributed by atoms with Gasteiger partial charge in [-0.25, -0.2) is 13.4 Å². The minimum Gasteiger partial charge on any atom is -0.361 e. The van der Waals surface area contributed by atoms with Gasteiger partial charge in [0.15, 0.2) is 0 Å². The zero-order chi connectivity index (χ0) is 23.5. The molecule has 0 saturated carbocycles. The molecule has 0 aliphatic rings. The summed E-state index contributed by atoms with van der Waals surface area (Å²) in [5.74, 6) is 0.656. The van der Waals surface area contributed by atoms with E-state index in [2.05, 4.69) is 20.1 Å². The summed E-state index contributed by atoms with van der Waals surface area (Å²) in [5, 5.41) is 5.15. The average molecular weight is 482 g/mol. The molecule has 10 heteroatoms. The zero-order valence-corrected chi connectivity index (χ0v) is 19.9. The van der Waals surface area contributed by atoms with Crippen molar-refractivity contribution in [2.24, 2.45) is 0 Å². The minimum absolute atomic E-state index is 0.0455. The number of nitrogens with zero attached hydrogens (tertiary/aromatic N) is 5. The van der Waals surface area contributed by atoms with Gasteiger partial charge in [-0.1, -0.05) is 22.8 Å². The first-order chi connectivity index (χ1) is 15.7. The second-order valence-corrected chi connectivity index (χ2v) is 10.3. The van der Waals surface area contributed by atoms with E-state index < -0.39 is 15.9 Å². The molecule has 0 radical (unpaired) electrons. The van der Waals surface area contributed by atoms with Crippen LogP contribution < -0.4 is 0 Å². The maximum Gasteiger partial charge on any atom is 0.229 e. The summed E-state index contributed by atoms with van der Waals surface area (Å²) in [6.45, 7) is 5.57.